The lowest BCUT2D eigenvalue weighted by molar-refractivity contribution is -0.233. The van der Waals surface area contributed by atoms with Gasteiger partial charge in [-0.15, -0.1) is 0 Å². The van der Waals surface area contributed by atoms with Gasteiger partial charge in [0.15, 0.2) is 11.5 Å². The standard InChI is InChI=1S/C35H32N2O7/c1-21-17-29-30(34(40)37(21)23-11-5-4-6-12-23)31-26-19-28(42-3)27(41-2)18-22(26)20-35(43-29,44-31)15-9-10-16-36-32(38)24-13-7-8-14-25(24)33(36)39/h4-8,11-14,17-19,31H,9-10,15-16,20H2,1-3H3/t31-,35+/m0/s1. The SMILES string of the molecule is COc1cc2c(cc1OC)[C@@H]1O[C@](CCCCN3C(=O)c4ccccc4C3=O)(C2)Oc2cc(C)n(-c3ccccc3)c(=O)c21. The van der Waals surface area contributed by atoms with E-state index in [0.29, 0.717) is 66.2 Å². The Balaban J connectivity index is 1.22. The van der Waals surface area contributed by atoms with Crippen molar-refractivity contribution < 1.29 is 28.5 Å². The molecule has 0 spiro atoms. The molecule has 0 fully saturated rings. The van der Waals surface area contributed by atoms with Crippen molar-refractivity contribution >= 4 is 11.8 Å². The van der Waals surface area contributed by atoms with Crippen molar-refractivity contribution in [2.24, 2.45) is 0 Å². The molecule has 9 nitrogen and oxygen atoms in total. The van der Waals surface area contributed by atoms with E-state index in [1.54, 1.807) is 43.1 Å². The number of amides is 2. The minimum Gasteiger partial charge on any atom is -0.493 e. The maximum absolute atomic E-state index is 14.2. The molecule has 3 aromatic carbocycles. The first-order valence-electron chi connectivity index (χ1n) is 14.7. The monoisotopic (exact) mass is 592 g/mol. The number of ether oxygens (including phenoxy) is 4. The van der Waals surface area contributed by atoms with Crippen LogP contribution in [0.1, 0.15) is 68.5 Å². The molecule has 2 atom stereocenters. The van der Waals surface area contributed by atoms with Crippen LogP contribution in [0.15, 0.2) is 77.6 Å². The number of methoxy groups -OCH3 is 2. The number of hydrogen-bond donors (Lipinski definition) is 0. The molecule has 9 heteroatoms. The Labute approximate surface area is 254 Å². The van der Waals surface area contributed by atoms with E-state index in [2.05, 4.69) is 0 Å². The number of aromatic nitrogens is 1. The van der Waals surface area contributed by atoms with Crippen molar-refractivity contribution in [3.8, 4) is 22.9 Å². The molecule has 3 aliphatic heterocycles. The van der Waals surface area contributed by atoms with E-state index in [4.69, 9.17) is 18.9 Å². The summed E-state index contributed by atoms with van der Waals surface area (Å²) in [7, 11) is 3.17. The summed E-state index contributed by atoms with van der Waals surface area (Å²) in [6.45, 7) is 2.19. The fraction of sp³-hybridized carbons (Fsp3) is 0.286. The number of aryl methyl sites for hydroxylation is 1. The second-order valence-corrected chi connectivity index (χ2v) is 11.4. The van der Waals surface area contributed by atoms with Gasteiger partial charge in [-0.05, 0) is 67.3 Å². The minimum atomic E-state index is -1.05. The Morgan fingerprint density at radius 3 is 2.20 bits per heavy atom. The Kier molecular flexibility index (Phi) is 6.77. The van der Waals surface area contributed by atoms with Gasteiger partial charge < -0.3 is 18.9 Å². The lowest BCUT2D eigenvalue weighted by atomic mass is 9.85. The normalized spacial score (nSPS) is 19.6. The highest BCUT2D eigenvalue weighted by Crippen LogP contribution is 2.51. The summed E-state index contributed by atoms with van der Waals surface area (Å²) in [5, 5.41) is 0. The van der Waals surface area contributed by atoms with Crippen molar-refractivity contribution in [3.63, 3.8) is 0 Å². The smallest absolute Gasteiger partial charge is 0.265 e. The Bertz CT molecular complexity index is 1830. The van der Waals surface area contributed by atoms with Gasteiger partial charge in [0.2, 0.25) is 5.79 Å². The molecule has 3 aliphatic rings. The van der Waals surface area contributed by atoms with Crippen molar-refractivity contribution in [1.82, 2.24) is 9.47 Å². The number of hydrogen-bond acceptors (Lipinski definition) is 7. The molecule has 44 heavy (non-hydrogen) atoms. The highest BCUT2D eigenvalue weighted by Gasteiger charge is 2.49. The largest absolute Gasteiger partial charge is 0.493 e. The minimum absolute atomic E-state index is 0.210. The number of nitrogens with zero attached hydrogens (tertiary/aromatic N) is 2. The number of carbonyl (C=O) groups excluding carboxylic acids is 2. The molecule has 0 saturated carbocycles. The average molecular weight is 593 g/mol. The molecule has 4 aromatic rings. The Morgan fingerprint density at radius 1 is 0.864 bits per heavy atom. The van der Waals surface area contributed by atoms with Gasteiger partial charge in [-0.1, -0.05) is 30.3 Å². The van der Waals surface area contributed by atoms with E-state index >= 15 is 0 Å². The number of imide groups is 1. The number of rotatable bonds is 8. The Morgan fingerprint density at radius 2 is 1.52 bits per heavy atom. The number of fused-ring (bicyclic) bond motifs is 7. The third kappa shape index (κ3) is 4.38. The van der Waals surface area contributed by atoms with Gasteiger partial charge in [-0.2, -0.15) is 0 Å². The summed E-state index contributed by atoms with van der Waals surface area (Å²) in [4.78, 5) is 41.2. The average Bonchev–Trinajstić information content (AvgIpc) is 3.27. The van der Waals surface area contributed by atoms with Crippen LogP contribution in [-0.2, 0) is 11.2 Å². The van der Waals surface area contributed by atoms with E-state index in [1.807, 2.05) is 55.5 Å². The van der Waals surface area contributed by atoms with Crippen LogP contribution in [0.2, 0.25) is 0 Å². The zero-order valence-electron chi connectivity index (χ0n) is 24.8. The van der Waals surface area contributed by atoms with Gasteiger partial charge in [0.1, 0.15) is 11.9 Å². The van der Waals surface area contributed by atoms with Crippen molar-refractivity contribution in [2.45, 2.75) is 44.5 Å². The van der Waals surface area contributed by atoms with Gasteiger partial charge in [0.05, 0.1) is 30.9 Å². The summed E-state index contributed by atoms with van der Waals surface area (Å²) in [6, 6.07) is 22.1. The number of unbranched alkanes of at least 4 members (excludes halogenated alkanes) is 1. The van der Waals surface area contributed by atoms with Crippen LogP contribution in [-0.4, -0.2) is 47.8 Å². The van der Waals surface area contributed by atoms with Gasteiger partial charge in [-0.25, -0.2) is 0 Å². The molecule has 7 rings (SSSR count). The van der Waals surface area contributed by atoms with Crippen LogP contribution in [0.3, 0.4) is 0 Å². The van der Waals surface area contributed by atoms with Gasteiger partial charge in [-0.3, -0.25) is 23.9 Å². The molecule has 1 aromatic heterocycles. The Hall–Kier alpha value is -4.89. The second kappa shape index (κ2) is 10.7. The first-order chi connectivity index (χ1) is 21.3. The number of carbonyl (C=O) groups is 2. The summed E-state index contributed by atoms with van der Waals surface area (Å²) in [6.07, 6.45) is 1.41. The molecule has 2 bridgehead atoms. The van der Waals surface area contributed by atoms with E-state index < -0.39 is 11.9 Å². The van der Waals surface area contributed by atoms with E-state index in [-0.39, 0.29) is 17.4 Å². The number of para-hydroxylation sites is 1. The third-order valence-corrected chi connectivity index (χ3v) is 8.75. The molecule has 224 valence electrons. The second-order valence-electron chi connectivity index (χ2n) is 11.4. The quantitative estimate of drug-likeness (QED) is 0.200. The molecular weight excluding hydrogens is 560 g/mol. The van der Waals surface area contributed by atoms with E-state index in [9.17, 15) is 14.4 Å². The van der Waals surface area contributed by atoms with E-state index in [1.165, 1.54) is 4.90 Å². The van der Waals surface area contributed by atoms with E-state index in [0.717, 1.165) is 22.5 Å². The first-order valence-corrected chi connectivity index (χ1v) is 14.7. The molecule has 4 heterocycles. The van der Waals surface area contributed by atoms with Crippen LogP contribution < -0.4 is 19.8 Å². The van der Waals surface area contributed by atoms with Crippen molar-refractivity contribution in [2.75, 3.05) is 20.8 Å². The predicted octanol–water partition coefficient (Wildman–Crippen LogP) is 5.38. The van der Waals surface area contributed by atoms with Gasteiger partial charge in [0.25, 0.3) is 17.4 Å². The first kappa shape index (κ1) is 27.9. The zero-order valence-corrected chi connectivity index (χ0v) is 24.8. The predicted molar refractivity (Wildman–Crippen MR) is 162 cm³/mol. The molecule has 0 saturated heterocycles. The highest BCUT2D eigenvalue weighted by molar-refractivity contribution is 6.21. The summed E-state index contributed by atoms with van der Waals surface area (Å²) < 4.78 is 26.3. The van der Waals surface area contributed by atoms with Crippen LogP contribution in [0, 0.1) is 6.92 Å². The molecule has 0 unspecified atom stereocenters. The topological polar surface area (TPSA) is 96.3 Å². The summed E-state index contributed by atoms with van der Waals surface area (Å²) >= 11 is 0. The molecule has 0 radical (unpaired) electrons. The molecule has 0 aliphatic carbocycles. The van der Waals surface area contributed by atoms with Gasteiger partial charge >= 0.3 is 0 Å². The number of pyridine rings is 1. The van der Waals surface area contributed by atoms with Gasteiger partial charge in [0, 0.05) is 36.8 Å². The molecular formula is C35H32N2O7. The van der Waals surface area contributed by atoms with Crippen molar-refractivity contribution in [3.05, 3.63) is 117 Å². The van der Waals surface area contributed by atoms with Crippen molar-refractivity contribution in [1.29, 1.82) is 0 Å². The highest BCUT2D eigenvalue weighted by atomic mass is 16.7. The van der Waals surface area contributed by atoms with Crippen LogP contribution >= 0.6 is 0 Å². The van der Waals surface area contributed by atoms with Crippen LogP contribution in [0.4, 0.5) is 0 Å². The maximum atomic E-state index is 14.2. The maximum Gasteiger partial charge on any atom is 0.265 e. The van der Waals surface area contributed by atoms with Crippen LogP contribution in [0.5, 0.6) is 17.2 Å². The summed E-state index contributed by atoms with van der Waals surface area (Å²) in [5.41, 5.74) is 4.37. The lowest BCUT2D eigenvalue weighted by Gasteiger charge is -2.46. The van der Waals surface area contributed by atoms with Crippen LogP contribution in [0.25, 0.3) is 5.69 Å². The summed E-state index contributed by atoms with van der Waals surface area (Å²) in [5.74, 6) is 0.0483. The number of benzene rings is 3. The fourth-order valence-electron chi connectivity index (χ4n) is 6.67. The zero-order chi connectivity index (χ0) is 30.6. The molecule has 0 N–H and O–H groups in total. The molecule has 2 amide bonds. The fourth-order valence-corrected chi connectivity index (χ4v) is 6.67. The third-order valence-electron chi connectivity index (χ3n) is 8.75. The lowest BCUT2D eigenvalue weighted by Crippen LogP contribution is -2.51.